The van der Waals surface area contributed by atoms with E-state index in [2.05, 4.69) is 5.32 Å². The van der Waals surface area contributed by atoms with Crippen molar-refractivity contribution in [3.63, 3.8) is 0 Å². The second-order valence-electron chi connectivity index (χ2n) is 4.75. The molecule has 3 rings (SSSR count). The predicted octanol–water partition coefficient (Wildman–Crippen LogP) is -2.09. The maximum Gasteiger partial charge on any atom is 0.330 e. The summed E-state index contributed by atoms with van der Waals surface area (Å²) >= 11 is 0. The first-order valence-corrected chi connectivity index (χ1v) is 5.89. The molecule has 1 aliphatic heterocycles. The summed E-state index contributed by atoms with van der Waals surface area (Å²) in [5, 5.41) is 4.34. The molecule has 0 radical (unpaired) electrons. The Morgan fingerprint density at radius 1 is 1.50 bits per heavy atom. The molecular formula is C12H13N3O3. The Bertz CT molecular complexity index is 723. The van der Waals surface area contributed by atoms with Crippen LogP contribution in [0.4, 0.5) is 0 Å². The van der Waals surface area contributed by atoms with E-state index in [4.69, 9.17) is 0 Å². The first kappa shape index (κ1) is 11.0. The van der Waals surface area contributed by atoms with Crippen molar-refractivity contribution in [2.75, 3.05) is 0 Å². The third kappa shape index (κ3) is 1.38. The first-order valence-electron chi connectivity index (χ1n) is 5.89. The molecule has 1 aliphatic carbocycles. The Morgan fingerprint density at radius 2 is 2.28 bits per heavy atom. The molecule has 0 saturated heterocycles. The summed E-state index contributed by atoms with van der Waals surface area (Å²) in [6.45, 7) is 2.07. The molecule has 1 aromatic rings. The van der Waals surface area contributed by atoms with Gasteiger partial charge in [0.05, 0.1) is 17.2 Å². The van der Waals surface area contributed by atoms with Crippen LogP contribution in [-0.2, 0) is 22.7 Å². The fourth-order valence-corrected chi connectivity index (χ4v) is 2.70. The van der Waals surface area contributed by atoms with Gasteiger partial charge >= 0.3 is 5.69 Å². The molecule has 2 aliphatic rings. The summed E-state index contributed by atoms with van der Waals surface area (Å²) in [6.07, 6.45) is 3.40. The van der Waals surface area contributed by atoms with Crippen molar-refractivity contribution in [2.24, 2.45) is 5.92 Å². The minimum Gasteiger partial charge on any atom is -0.326 e. The van der Waals surface area contributed by atoms with Gasteiger partial charge in [-0.2, -0.15) is 0 Å². The molecule has 1 N–H and O–H groups in total. The van der Waals surface area contributed by atoms with Gasteiger partial charge in [0, 0.05) is 5.70 Å². The molecule has 6 nitrogen and oxygen atoms in total. The van der Waals surface area contributed by atoms with E-state index in [1.165, 1.54) is 9.13 Å². The van der Waals surface area contributed by atoms with E-state index >= 15 is 0 Å². The lowest BCUT2D eigenvalue weighted by atomic mass is 10.00. The molecule has 1 unspecified atom stereocenters. The van der Waals surface area contributed by atoms with Gasteiger partial charge in [0.2, 0.25) is 5.91 Å². The van der Waals surface area contributed by atoms with E-state index in [0.29, 0.717) is 12.7 Å². The van der Waals surface area contributed by atoms with Crippen molar-refractivity contribution < 1.29 is 9.59 Å². The molecular weight excluding hydrogens is 234 g/mol. The molecule has 0 bridgehead atoms. The fourth-order valence-electron chi connectivity index (χ4n) is 2.70. The van der Waals surface area contributed by atoms with Crippen LogP contribution < -0.4 is 21.7 Å². The maximum absolute atomic E-state index is 12.2. The molecule has 6 heteroatoms. The van der Waals surface area contributed by atoms with Gasteiger partial charge in [0.15, 0.2) is 0 Å². The van der Waals surface area contributed by atoms with Crippen molar-refractivity contribution >= 4 is 24.0 Å². The predicted molar refractivity (Wildman–Crippen MR) is 63.8 cm³/mol. The first-order chi connectivity index (χ1) is 8.61. The van der Waals surface area contributed by atoms with E-state index in [1.807, 2.05) is 13.0 Å². The molecule has 0 spiro atoms. The Kier molecular flexibility index (Phi) is 2.26. The van der Waals surface area contributed by atoms with Crippen LogP contribution in [0, 0.1) is 5.92 Å². The number of aldehydes is 1. The summed E-state index contributed by atoms with van der Waals surface area (Å²) in [4.78, 5) is 34.4. The summed E-state index contributed by atoms with van der Waals surface area (Å²) in [6, 6.07) is 0. The normalized spacial score (nSPS) is 21.1. The second-order valence-corrected chi connectivity index (χ2v) is 4.75. The third-order valence-corrected chi connectivity index (χ3v) is 3.37. The number of nitrogens with one attached hydrogen (secondary N) is 1. The highest BCUT2D eigenvalue weighted by atomic mass is 16.2. The van der Waals surface area contributed by atoms with Crippen LogP contribution in [0.3, 0.4) is 0 Å². The van der Waals surface area contributed by atoms with E-state index < -0.39 is 0 Å². The summed E-state index contributed by atoms with van der Waals surface area (Å²) in [5.74, 6) is 0.0579. The van der Waals surface area contributed by atoms with Crippen LogP contribution in [0.25, 0.3) is 11.8 Å². The minimum absolute atomic E-state index is 0.0265. The van der Waals surface area contributed by atoms with Gasteiger partial charge in [-0.25, -0.2) is 4.79 Å². The van der Waals surface area contributed by atoms with Crippen molar-refractivity contribution in [3.05, 3.63) is 21.2 Å². The smallest absolute Gasteiger partial charge is 0.326 e. The second kappa shape index (κ2) is 3.69. The number of hydrogen-bond acceptors (Lipinski definition) is 3. The van der Waals surface area contributed by atoms with Crippen LogP contribution in [0.5, 0.6) is 0 Å². The summed E-state index contributed by atoms with van der Waals surface area (Å²) in [7, 11) is 0. The molecule has 2 heterocycles. The Labute approximate surface area is 102 Å². The van der Waals surface area contributed by atoms with E-state index in [-0.39, 0.29) is 30.6 Å². The lowest BCUT2D eigenvalue weighted by Gasteiger charge is -2.20. The molecule has 0 fully saturated rings. The number of hydrogen-bond donors (Lipinski definition) is 1. The zero-order valence-corrected chi connectivity index (χ0v) is 9.97. The molecule has 94 valence electrons. The fraction of sp³-hybridized carbons (Fsp3) is 0.417. The van der Waals surface area contributed by atoms with Crippen LogP contribution in [-0.4, -0.2) is 21.3 Å². The topological polar surface area (TPSA) is 73.1 Å². The number of amides is 1. The lowest BCUT2D eigenvalue weighted by Crippen LogP contribution is -2.49. The molecule has 0 aromatic carbocycles. The number of carbonyl (C=O) groups is 2. The van der Waals surface area contributed by atoms with Gasteiger partial charge in [-0.3, -0.25) is 13.9 Å². The average Bonchev–Trinajstić information content (AvgIpc) is 2.55. The number of carbonyl (C=O) groups excluding carboxylic acids is 2. The summed E-state index contributed by atoms with van der Waals surface area (Å²) in [5.41, 5.74) is 0.503. The lowest BCUT2D eigenvalue weighted by molar-refractivity contribution is -0.121. The van der Waals surface area contributed by atoms with Crippen molar-refractivity contribution in [2.45, 2.75) is 26.4 Å². The molecule has 1 amide bonds. The van der Waals surface area contributed by atoms with Gasteiger partial charge < -0.3 is 10.1 Å². The van der Waals surface area contributed by atoms with Gasteiger partial charge in [-0.15, -0.1) is 0 Å². The Balaban J connectivity index is 2.44. The standard InChI is InChI=1S/C12H13N3O3/c1-7-4-8-11-9(5-7)14(2-3-16)12(18)15(11)6-10(17)13-8/h3,5,7H,2,4,6H2,1H3,(H,13,17). The highest BCUT2D eigenvalue weighted by molar-refractivity contribution is 5.84. The van der Waals surface area contributed by atoms with Gasteiger partial charge in [-0.1, -0.05) is 13.0 Å². The SMILES string of the molecule is CC1C=c2c3n(c(=O)n2CC=O)CC(=O)NC=3C1. The minimum atomic E-state index is -0.287. The van der Waals surface area contributed by atoms with Crippen molar-refractivity contribution in [1.29, 1.82) is 0 Å². The Morgan fingerprint density at radius 3 is 3.00 bits per heavy atom. The zero-order chi connectivity index (χ0) is 12.9. The van der Waals surface area contributed by atoms with Crippen LogP contribution >= 0.6 is 0 Å². The quantitative estimate of drug-likeness (QED) is 0.609. The highest BCUT2D eigenvalue weighted by Crippen LogP contribution is 2.13. The van der Waals surface area contributed by atoms with Gasteiger partial charge in [0.1, 0.15) is 12.8 Å². The summed E-state index contributed by atoms with van der Waals surface area (Å²) < 4.78 is 2.88. The Hall–Kier alpha value is -2.11. The van der Waals surface area contributed by atoms with Gasteiger partial charge in [-0.05, 0) is 12.3 Å². The third-order valence-electron chi connectivity index (χ3n) is 3.37. The maximum atomic E-state index is 12.2. The number of rotatable bonds is 2. The average molecular weight is 247 g/mol. The number of aromatic nitrogens is 2. The largest absolute Gasteiger partial charge is 0.330 e. The monoisotopic (exact) mass is 247 g/mol. The molecule has 18 heavy (non-hydrogen) atoms. The van der Waals surface area contributed by atoms with Gasteiger partial charge in [0.25, 0.3) is 0 Å². The van der Waals surface area contributed by atoms with Crippen molar-refractivity contribution in [1.82, 2.24) is 14.5 Å². The zero-order valence-electron chi connectivity index (χ0n) is 9.97. The number of nitrogens with zero attached hydrogens (tertiary/aromatic N) is 2. The van der Waals surface area contributed by atoms with Crippen molar-refractivity contribution in [3.8, 4) is 0 Å². The van der Waals surface area contributed by atoms with Crippen LogP contribution in [0.15, 0.2) is 4.79 Å². The molecule has 1 atom stereocenters. The van der Waals surface area contributed by atoms with E-state index in [0.717, 1.165) is 16.4 Å². The molecule has 1 aromatic heterocycles. The van der Waals surface area contributed by atoms with E-state index in [1.54, 1.807) is 0 Å². The van der Waals surface area contributed by atoms with Crippen LogP contribution in [0.2, 0.25) is 0 Å². The highest BCUT2D eigenvalue weighted by Gasteiger charge is 2.25. The van der Waals surface area contributed by atoms with Crippen LogP contribution in [0.1, 0.15) is 13.3 Å². The number of imidazole rings is 1. The van der Waals surface area contributed by atoms with E-state index in [9.17, 15) is 14.4 Å². The molecule has 0 saturated carbocycles.